The number of rotatable bonds is 3. The second-order valence-corrected chi connectivity index (χ2v) is 4.43. The summed E-state index contributed by atoms with van der Waals surface area (Å²) >= 11 is 0. The van der Waals surface area contributed by atoms with Gasteiger partial charge in [-0.3, -0.25) is 10.1 Å². The number of hydrogen-bond donors (Lipinski definition) is 0. The number of halogens is 3. The first-order valence-corrected chi connectivity index (χ1v) is 5.98. The van der Waals surface area contributed by atoms with Gasteiger partial charge in [0.1, 0.15) is 11.2 Å². The van der Waals surface area contributed by atoms with Crippen LogP contribution in [0.1, 0.15) is 11.3 Å². The van der Waals surface area contributed by atoms with E-state index in [1.165, 1.54) is 21.1 Å². The third-order valence-electron chi connectivity index (χ3n) is 3.09. The lowest BCUT2D eigenvalue weighted by Crippen LogP contribution is -2.09. The van der Waals surface area contributed by atoms with Crippen molar-refractivity contribution in [1.82, 2.24) is 4.98 Å². The lowest BCUT2D eigenvalue weighted by molar-refractivity contribution is -0.385. The first-order valence-electron chi connectivity index (χ1n) is 5.98. The Morgan fingerprint density at radius 3 is 2.32 bits per heavy atom. The van der Waals surface area contributed by atoms with Crippen molar-refractivity contribution in [2.75, 3.05) is 14.2 Å². The van der Waals surface area contributed by atoms with Crippen LogP contribution in [0.4, 0.5) is 18.9 Å². The van der Waals surface area contributed by atoms with Gasteiger partial charge in [0.15, 0.2) is 5.75 Å². The zero-order valence-corrected chi connectivity index (χ0v) is 11.8. The van der Waals surface area contributed by atoms with E-state index in [1.807, 2.05) is 0 Å². The van der Waals surface area contributed by atoms with Crippen molar-refractivity contribution >= 4 is 16.6 Å². The Hall–Kier alpha value is -2.58. The molecule has 0 aliphatic carbocycles. The predicted molar refractivity (Wildman–Crippen MR) is 71.2 cm³/mol. The molecular weight excluding hydrogens is 305 g/mol. The molecule has 2 rings (SSSR count). The largest absolute Gasteiger partial charge is 0.494 e. The van der Waals surface area contributed by atoms with Crippen LogP contribution in [0.3, 0.4) is 0 Å². The van der Waals surface area contributed by atoms with Gasteiger partial charge in [-0.05, 0) is 18.6 Å². The second-order valence-electron chi connectivity index (χ2n) is 4.43. The maximum Gasteiger partial charge on any atom is 0.433 e. The Morgan fingerprint density at radius 1 is 1.23 bits per heavy atom. The van der Waals surface area contributed by atoms with Crippen molar-refractivity contribution in [1.29, 1.82) is 0 Å². The Morgan fingerprint density at radius 2 is 1.86 bits per heavy atom. The van der Waals surface area contributed by atoms with Gasteiger partial charge >= 0.3 is 11.9 Å². The molecule has 0 atom stereocenters. The van der Waals surface area contributed by atoms with Gasteiger partial charge < -0.3 is 9.47 Å². The molecule has 0 aliphatic heterocycles. The fourth-order valence-electron chi connectivity index (χ4n) is 2.17. The molecule has 9 heteroatoms. The van der Waals surface area contributed by atoms with Crippen molar-refractivity contribution in [3.63, 3.8) is 0 Å². The molecule has 0 saturated heterocycles. The smallest absolute Gasteiger partial charge is 0.433 e. The van der Waals surface area contributed by atoms with Gasteiger partial charge in [0.2, 0.25) is 5.75 Å². The van der Waals surface area contributed by atoms with Crippen LogP contribution < -0.4 is 9.47 Å². The van der Waals surface area contributed by atoms with Crippen molar-refractivity contribution in [2.45, 2.75) is 13.1 Å². The third-order valence-corrected chi connectivity index (χ3v) is 3.09. The predicted octanol–water partition coefficient (Wildman–Crippen LogP) is 3.49. The van der Waals surface area contributed by atoms with Crippen molar-refractivity contribution < 1.29 is 27.6 Å². The summed E-state index contributed by atoms with van der Waals surface area (Å²) in [4.78, 5) is 13.9. The fourth-order valence-corrected chi connectivity index (χ4v) is 2.17. The fraction of sp³-hybridized carbons (Fsp3) is 0.308. The van der Waals surface area contributed by atoms with E-state index in [-0.39, 0.29) is 28.0 Å². The lowest BCUT2D eigenvalue weighted by Gasteiger charge is -2.14. The highest BCUT2D eigenvalue weighted by atomic mass is 19.4. The van der Waals surface area contributed by atoms with E-state index >= 15 is 0 Å². The molecular formula is C13H11F3N2O4. The Labute approximate surface area is 122 Å². The maximum atomic E-state index is 12.9. The molecule has 0 fully saturated rings. The quantitative estimate of drug-likeness (QED) is 0.640. The van der Waals surface area contributed by atoms with Gasteiger partial charge in [0.05, 0.1) is 30.6 Å². The van der Waals surface area contributed by atoms with Crippen LogP contribution in [0.15, 0.2) is 12.1 Å². The molecule has 1 heterocycles. The molecule has 0 amide bonds. The van der Waals surface area contributed by atoms with Crippen molar-refractivity contribution in [3.05, 3.63) is 33.5 Å². The first kappa shape index (κ1) is 15.8. The average Bonchev–Trinajstić information content (AvgIpc) is 2.44. The molecule has 0 N–H and O–H groups in total. The summed E-state index contributed by atoms with van der Waals surface area (Å²) in [5.41, 5.74) is -1.50. The number of fused-ring (bicyclic) bond motifs is 1. The van der Waals surface area contributed by atoms with Crippen LogP contribution in [-0.2, 0) is 6.18 Å². The number of alkyl halides is 3. The van der Waals surface area contributed by atoms with E-state index in [2.05, 4.69) is 4.98 Å². The number of benzene rings is 1. The molecule has 1 aromatic heterocycles. The monoisotopic (exact) mass is 316 g/mol. The van der Waals surface area contributed by atoms with Crippen LogP contribution in [0.2, 0.25) is 0 Å². The summed E-state index contributed by atoms with van der Waals surface area (Å²) in [6, 6.07) is 1.81. The number of pyridine rings is 1. The number of ether oxygens (including phenoxy) is 2. The summed E-state index contributed by atoms with van der Waals surface area (Å²) in [5.74, 6) is -0.281. The number of nitrogens with zero attached hydrogens (tertiary/aromatic N) is 2. The number of aromatic nitrogens is 1. The molecule has 2 aromatic rings. The topological polar surface area (TPSA) is 74.5 Å². The molecule has 118 valence electrons. The number of aryl methyl sites for hydroxylation is 1. The normalized spacial score (nSPS) is 11.5. The molecule has 0 bridgehead atoms. The van der Waals surface area contributed by atoms with Crippen LogP contribution in [0.5, 0.6) is 11.5 Å². The average molecular weight is 316 g/mol. The minimum Gasteiger partial charge on any atom is -0.494 e. The van der Waals surface area contributed by atoms with E-state index in [0.29, 0.717) is 0 Å². The van der Waals surface area contributed by atoms with E-state index in [9.17, 15) is 23.3 Å². The molecule has 6 nitrogen and oxygen atoms in total. The highest BCUT2D eigenvalue weighted by Crippen LogP contribution is 2.43. The lowest BCUT2D eigenvalue weighted by atomic mass is 10.1. The first-order chi connectivity index (χ1) is 10.2. The summed E-state index contributed by atoms with van der Waals surface area (Å²) in [6.07, 6.45) is -4.64. The Balaban J connectivity index is 2.97. The van der Waals surface area contributed by atoms with E-state index in [0.717, 1.165) is 12.1 Å². The number of hydrogen-bond acceptors (Lipinski definition) is 5. The molecule has 0 unspecified atom stereocenters. The number of methoxy groups -OCH3 is 2. The minimum absolute atomic E-state index is 0.113. The Kier molecular flexibility index (Phi) is 3.82. The zero-order valence-electron chi connectivity index (χ0n) is 11.8. The molecule has 0 spiro atoms. The van der Waals surface area contributed by atoms with Crippen LogP contribution in [0, 0.1) is 17.0 Å². The van der Waals surface area contributed by atoms with Crippen molar-refractivity contribution in [3.8, 4) is 11.5 Å². The standard InChI is InChI=1S/C13H11F3N2O4/c1-6-4-9(13(14,15)16)17-11-8(21-2)5-7(18(19)20)12(22-3)10(6)11/h4-5H,1-3H3. The summed E-state index contributed by atoms with van der Waals surface area (Å²) in [7, 11) is 2.40. The molecule has 0 aliphatic rings. The zero-order chi connectivity index (χ0) is 16.7. The number of nitro groups is 1. The van der Waals surface area contributed by atoms with Crippen LogP contribution in [0.25, 0.3) is 10.9 Å². The molecule has 0 radical (unpaired) electrons. The molecule has 0 saturated carbocycles. The van der Waals surface area contributed by atoms with Crippen LogP contribution in [-0.4, -0.2) is 24.1 Å². The highest BCUT2D eigenvalue weighted by molar-refractivity contribution is 5.96. The van der Waals surface area contributed by atoms with Crippen LogP contribution >= 0.6 is 0 Å². The van der Waals surface area contributed by atoms with Gasteiger partial charge in [0.25, 0.3) is 0 Å². The minimum atomic E-state index is -4.64. The van der Waals surface area contributed by atoms with Gasteiger partial charge in [-0.25, -0.2) is 4.98 Å². The van der Waals surface area contributed by atoms with E-state index < -0.39 is 22.5 Å². The Bertz CT molecular complexity index is 759. The summed E-state index contributed by atoms with van der Waals surface area (Å²) in [5, 5.41) is 11.2. The SMILES string of the molecule is COc1cc([N+](=O)[O-])c(OC)c2c(C)cc(C(F)(F)F)nc12. The molecule has 22 heavy (non-hydrogen) atoms. The van der Waals surface area contributed by atoms with Gasteiger partial charge in [-0.2, -0.15) is 13.2 Å². The molecule has 1 aromatic carbocycles. The highest BCUT2D eigenvalue weighted by Gasteiger charge is 2.34. The van der Waals surface area contributed by atoms with E-state index in [1.54, 1.807) is 0 Å². The third kappa shape index (κ3) is 2.49. The second kappa shape index (κ2) is 5.32. The van der Waals surface area contributed by atoms with Gasteiger partial charge in [0, 0.05) is 0 Å². The van der Waals surface area contributed by atoms with E-state index in [4.69, 9.17) is 9.47 Å². The van der Waals surface area contributed by atoms with Crippen molar-refractivity contribution in [2.24, 2.45) is 0 Å². The van der Waals surface area contributed by atoms with Gasteiger partial charge in [-0.15, -0.1) is 0 Å². The summed E-state index contributed by atoms with van der Waals surface area (Å²) in [6.45, 7) is 1.39. The van der Waals surface area contributed by atoms with Gasteiger partial charge in [-0.1, -0.05) is 0 Å². The summed E-state index contributed by atoms with van der Waals surface area (Å²) < 4.78 is 48.6. The number of nitro benzene ring substituents is 1. The maximum absolute atomic E-state index is 12.9.